The number of carbonyl (C=O) groups excluding carboxylic acids is 2. The number of aromatic nitrogens is 2. The summed E-state index contributed by atoms with van der Waals surface area (Å²) in [4.78, 5) is 29.4. The van der Waals surface area contributed by atoms with Crippen LogP contribution in [-0.4, -0.2) is 40.3 Å². The fourth-order valence-electron chi connectivity index (χ4n) is 3.64. The molecule has 1 atom stereocenters. The quantitative estimate of drug-likeness (QED) is 0.473. The number of hydrogen-bond donors (Lipinski definition) is 2. The highest BCUT2D eigenvalue weighted by Gasteiger charge is 2.22. The summed E-state index contributed by atoms with van der Waals surface area (Å²) in [5.74, 6) is 1.52. The van der Waals surface area contributed by atoms with E-state index in [0.717, 1.165) is 16.5 Å². The molecule has 1 aliphatic heterocycles. The molecule has 2 N–H and O–H groups in total. The molecule has 0 bridgehead atoms. The Balaban J connectivity index is 1.36. The van der Waals surface area contributed by atoms with Crippen LogP contribution in [0.4, 0.5) is 5.69 Å². The summed E-state index contributed by atoms with van der Waals surface area (Å²) in [5.41, 5.74) is 2.11. The highest BCUT2D eigenvalue weighted by atomic mass is 32.2. The van der Waals surface area contributed by atoms with Crippen molar-refractivity contribution in [3.63, 3.8) is 0 Å². The molecule has 0 spiro atoms. The molecule has 4 rings (SSSR count). The summed E-state index contributed by atoms with van der Waals surface area (Å²) < 4.78 is 13.2. The van der Waals surface area contributed by atoms with Gasteiger partial charge in [-0.2, -0.15) is 0 Å². The maximum absolute atomic E-state index is 13.0. The van der Waals surface area contributed by atoms with Crippen LogP contribution in [0.25, 0.3) is 0 Å². The second-order valence-corrected chi connectivity index (χ2v) is 9.28. The molecule has 34 heavy (non-hydrogen) atoms. The van der Waals surface area contributed by atoms with Gasteiger partial charge in [-0.15, -0.1) is 0 Å². The minimum absolute atomic E-state index is 0.135. The van der Waals surface area contributed by atoms with Crippen LogP contribution in [0.15, 0.2) is 60.0 Å². The Kier molecular flexibility index (Phi) is 7.42. The van der Waals surface area contributed by atoms with E-state index in [4.69, 9.17) is 9.47 Å². The van der Waals surface area contributed by atoms with E-state index in [9.17, 15) is 9.59 Å². The molecule has 2 aromatic carbocycles. The summed E-state index contributed by atoms with van der Waals surface area (Å²) in [5, 5.41) is 6.75. The predicted octanol–water partition coefficient (Wildman–Crippen LogP) is 4.05. The first-order valence-electron chi connectivity index (χ1n) is 11.1. The summed E-state index contributed by atoms with van der Waals surface area (Å²) in [6.07, 6.45) is 3.53. The van der Waals surface area contributed by atoms with Crippen LogP contribution in [0, 0.1) is 5.92 Å². The van der Waals surface area contributed by atoms with Gasteiger partial charge >= 0.3 is 0 Å². The number of thioether (sulfide) groups is 1. The fourth-order valence-corrected chi connectivity index (χ4v) is 4.37. The number of nitrogens with zero attached hydrogens (tertiary/aromatic N) is 2. The standard InChI is InChI=1S/C25H28N4O4S/c1-16(2)23(18-6-9-20-21(14-18)33-13-12-32-20)28-24(31)17-4-7-19(8-5-17)27-22(30)15-34-25-26-10-11-29(25)3/h4-11,14,16,23H,12-13,15H2,1-3H3,(H,27,30)(H,28,31). The van der Waals surface area contributed by atoms with E-state index < -0.39 is 0 Å². The molecule has 1 unspecified atom stereocenters. The van der Waals surface area contributed by atoms with Gasteiger partial charge in [-0.1, -0.05) is 31.7 Å². The molecule has 0 saturated heterocycles. The molecule has 1 aliphatic rings. The Bertz CT molecular complexity index is 1160. The van der Waals surface area contributed by atoms with Crippen molar-refractivity contribution < 1.29 is 19.1 Å². The van der Waals surface area contributed by atoms with Crippen molar-refractivity contribution in [2.45, 2.75) is 25.0 Å². The van der Waals surface area contributed by atoms with Gasteiger partial charge < -0.3 is 24.7 Å². The molecule has 1 aromatic heterocycles. The van der Waals surface area contributed by atoms with E-state index in [-0.39, 0.29) is 29.5 Å². The first-order valence-corrected chi connectivity index (χ1v) is 12.1. The zero-order valence-electron chi connectivity index (χ0n) is 19.4. The third kappa shape index (κ3) is 5.72. The first kappa shape index (κ1) is 23.7. The number of aryl methyl sites for hydroxylation is 1. The zero-order valence-corrected chi connectivity index (χ0v) is 20.2. The van der Waals surface area contributed by atoms with Gasteiger partial charge in [-0.05, 0) is 47.9 Å². The average molecular weight is 481 g/mol. The minimum Gasteiger partial charge on any atom is -0.486 e. The summed E-state index contributed by atoms with van der Waals surface area (Å²) in [6, 6.07) is 12.5. The Labute approximate surface area is 203 Å². The average Bonchev–Trinajstić information content (AvgIpc) is 3.25. The largest absolute Gasteiger partial charge is 0.486 e. The number of anilines is 1. The SMILES string of the molecule is CC(C)C(NC(=O)c1ccc(NC(=O)CSc2nccn2C)cc1)c1ccc2c(c1)OCCO2. The van der Waals surface area contributed by atoms with Crippen molar-refractivity contribution in [1.29, 1.82) is 0 Å². The van der Waals surface area contributed by atoms with Crippen LogP contribution in [0.2, 0.25) is 0 Å². The lowest BCUT2D eigenvalue weighted by atomic mass is 9.95. The van der Waals surface area contributed by atoms with E-state index in [0.29, 0.717) is 30.2 Å². The van der Waals surface area contributed by atoms with Gasteiger partial charge in [0.2, 0.25) is 5.91 Å². The van der Waals surface area contributed by atoms with Gasteiger partial charge in [0.1, 0.15) is 13.2 Å². The van der Waals surface area contributed by atoms with Gasteiger partial charge in [-0.3, -0.25) is 9.59 Å². The number of rotatable bonds is 8. The molecular weight excluding hydrogens is 452 g/mol. The summed E-state index contributed by atoms with van der Waals surface area (Å²) in [7, 11) is 1.88. The van der Waals surface area contributed by atoms with E-state index >= 15 is 0 Å². The molecule has 0 radical (unpaired) electrons. The number of hydrogen-bond acceptors (Lipinski definition) is 6. The van der Waals surface area contributed by atoms with Gasteiger partial charge in [0, 0.05) is 30.7 Å². The highest BCUT2D eigenvalue weighted by Crippen LogP contribution is 2.34. The number of carbonyl (C=O) groups is 2. The van der Waals surface area contributed by atoms with E-state index in [1.807, 2.05) is 36.0 Å². The van der Waals surface area contributed by atoms with Gasteiger partial charge in [0.15, 0.2) is 16.7 Å². The molecule has 2 amide bonds. The molecule has 178 valence electrons. The number of ether oxygens (including phenoxy) is 2. The van der Waals surface area contributed by atoms with Crippen molar-refractivity contribution in [2.75, 3.05) is 24.3 Å². The van der Waals surface area contributed by atoms with Gasteiger partial charge in [0.05, 0.1) is 11.8 Å². The van der Waals surface area contributed by atoms with E-state index in [1.165, 1.54) is 11.8 Å². The molecule has 3 aromatic rings. The monoisotopic (exact) mass is 480 g/mol. The van der Waals surface area contributed by atoms with E-state index in [2.05, 4.69) is 29.5 Å². The first-order chi connectivity index (χ1) is 16.4. The molecule has 2 heterocycles. The molecule has 0 saturated carbocycles. The lowest BCUT2D eigenvalue weighted by Gasteiger charge is -2.25. The van der Waals surface area contributed by atoms with Crippen LogP contribution >= 0.6 is 11.8 Å². The Morgan fingerprint density at radius 2 is 1.82 bits per heavy atom. The third-order valence-corrected chi connectivity index (χ3v) is 6.48. The van der Waals surface area contributed by atoms with Gasteiger partial charge in [-0.25, -0.2) is 4.98 Å². The van der Waals surface area contributed by atoms with E-state index in [1.54, 1.807) is 30.5 Å². The molecule has 8 nitrogen and oxygen atoms in total. The van der Waals surface area contributed by atoms with Crippen LogP contribution < -0.4 is 20.1 Å². The number of amides is 2. The number of nitrogens with one attached hydrogen (secondary N) is 2. The minimum atomic E-state index is -0.189. The second kappa shape index (κ2) is 10.6. The van der Waals surface area contributed by atoms with Crippen molar-refractivity contribution >= 4 is 29.3 Å². The van der Waals surface area contributed by atoms with Crippen molar-refractivity contribution in [1.82, 2.24) is 14.9 Å². The van der Waals surface area contributed by atoms with Crippen molar-refractivity contribution in [3.8, 4) is 11.5 Å². The topological polar surface area (TPSA) is 94.5 Å². The van der Waals surface area contributed by atoms with Gasteiger partial charge in [0.25, 0.3) is 5.91 Å². The molecule has 9 heteroatoms. The highest BCUT2D eigenvalue weighted by molar-refractivity contribution is 7.99. The predicted molar refractivity (Wildman–Crippen MR) is 131 cm³/mol. The van der Waals surface area contributed by atoms with Crippen molar-refractivity contribution in [2.24, 2.45) is 13.0 Å². The lowest BCUT2D eigenvalue weighted by Crippen LogP contribution is -2.32. The normalized spacial score (nSPS) is 13.4. The van der Waals surface area contributed by atoms with Crippen molar-refractivity contribution in [3.05, 3.63) is 66.0 Å². The van der Waals surface area contributed by atoms with Crippen LogP contribution in [0.1, 0.15) is 35.8 Å². The number of imidazole rings is 1. The maximum atomic E-state index is 13.0. The van der Waals surface area contributed by atoms with Crippen LogP contribution in [0.3, 0.4) is 0 Å². The Hall–Kier alpha value is -3.46. The lowest BCUT2D eigenvalue weighted by molar-refractivity contribution is -0.113. The number of benzene rings is 2. The Morgan fingerprint density at radius 3 is 2.50 bits per heavy atom. The van der Waals surface area contributed by atoms with Crippen LogP contribution in [0.5, 0.6) is 11.5 Å². The smallest absolute Gasteiger partial charge is 0.251 e. The fraction of sp³-hybridized carbons (Fsp3) is 0.320. The summed E-state index contributed by atoms with van der Waals surface area (Å²) in [6.45, 7) is 5.17. The number of fused-ring (bicyclic) bond motifs is 1. The molecule has 0 fully saturated rings. The Morgan fingerprint density at radius 1 is 1.09 bits per heavy atom. The molecule has 0 aliphatic carbocycles. The second-order valence-electron chi connectivity index (χ2n) is 8.33. The zero-order chi connectivity index (χ0) is 24.1. The van der Waals surface area contributed by atoms with Crippen LogP contribution in [-0.2, 0) is 11.8 Å². The maximum Gasteiger partial charge on any atom is 0.251 e. The summed E-state index contributed by atoms with van der Waals surface area (Å²) >= 11 is 1.36. The third-order valence-electron chi connectivity index (χ3n) is 5.42. The molecular formula is C25H28N4O4S.